The lowest BCUT2D eigenvalue weighted by atomic mass is 10.0. The fourth-order valence-corrected chi connectivity index (χ4v) is 1.95. The lowest BCUT2D eigenvalue weighted by molar-refractivity contribution is 0.788. The van der Waals surface area contributed by atoms with Gasteiger partial charge in [0.1, 0.15) is 0 Å². The van der Waals surface area contributed by atoms with Crippen molar-refractivity contribution >= 4 is 6.08 Å². The monoisotopic (exact) mass is 265 g/mol. The van der Waals surface area contributed by atoms with Gasteiger partial charge >= 0.3 is 0 Å². The number of hydrogen-bond acceptors (Lipinski definition) is 0. The van der Waals surface area contributed by atoms with Crippen molar-refractivity contribution in [1.82, 2.24) is 4.98 Å². The van der Waals surface area contributed by atoms with Crippen molar-refractivity contribution in [2.45, 2.75) is 81.1 Å². The van der Waals surface area contributed by atoms with E-state index in [9.17, 15) is 0 Å². The van der Waals surface area contributed by atoms with Crippen LogP contribution in [-0.4, -0.2) is 4.98 Å². The third-order valence-corrected chi connectivity index (χ3v) is 2.93. The molecule has 1 heteroatoms. The van der Waals surface area contributed by atoms with Crippen LogP contribution in [0.4, 0.5) is 0 Å². The highest BCUT2D eigenvalue weighted by Gasteiger charge is 2.08. The molecule has 0 fully saturated rings. The smallest absolute Gasteiger partial charge is 0.0411 e. The first-order chi connectivity index (χ1) is 9.20. The lowest BCUT2D eigenvalue weighted by Crippen LogP contribution is -1.88. The molecule has 0 aliphatic rings. The minimum atomic E-state index is 1.10. The Morgan fingerprint density at radius 1 is 1.00 bits per heavy atom. The van der Waals surface area contributed by atoms with Crippen molar-refractivity contribution in [1.29, 1.82) is 0 Å². The van der Waals surface area contributed by atoms with Crippen molar-refractivity contribution < 1.29 is 0 Å². The summed E-state index contributed by atoms with van der Waals surface area (Å²) < 4.78 is 0. The van der Waals surface area contributed by atoms with Gasteiger partial charge in [-0.15, -0.1) is 0 Å². The molecule has 112 valence electrons. The second-order valence-electron chi connectivity index (χ2n) is 4.18. The molecular weight excluding hydrogens is 230 g/mol. The molecule has 0 aromatic carbocycles. The van der Waals surface area contributed by atoms with Crippen molar-refractivity contribution in [3.05, 3.63) is 28.6 Å². The molecule has 1 aromatic rings. The Labute approximate surface area is 121 Å². The predicted molar refractivity (Wildman–Crippen MR) is 90.9 cm³/mol. The van der Waals surface area contributed by atoms with Crippen LogP contribution >= 0.6 is 0 Å². The molecule has 1 aromatic heterocycles. The molecule has 0 bridgehead atoms. The molecule has 1 rings (SSSR count). The van der Waals surface area contributed by atoms with Crippen LogP contribution in [-0.2, 0) is 6.42 Å². The fourth-order valence-electron chi connectivity index (χ4n) is 1.95. The second kappa shape index (κ2) is 13.5. The van der Waals surface area contributed by atoms with Crippen molar-refractivity contribution in [3.63, 3.8) is 0 Å². The summed E-state index contributed by atoms with van der Waals surface area (Å²) in [5.41, 5.74) is 5.59. The Bertz CT molecular complexity index is 332. The van der Waals surface area contributed by atoms with Gasteiger partial charge in [-0.25, -0.2) is 0 Å². The summed E-state index contributed by atoms with van der Waals surface area (Å²) in [7, 11) is 0. The highest BCUT2D eigenvalue weighted by atomic mass is 14.7. The van der Waals surface area contributed by atoms with E-state index in [2.05, 4.69) is 44.8 Å². The Kier molecular flexibility index (Phi) is 14.4. The first-order valence-electron chi connectivity index (χ1n) is 8.05. The molecule has 0 aliphatic heterocycles. The fraction of sp³-hybridized carbons (Fsp3) is 0.667. The topological polar surface area (TPSA) is 15.8 Å². The van der Waals surface area contributed by atoms with Gasteiger partial charge in [-0.3, -0.25) is 0 Å². The van der Waals surface area contributed by atoms with Crippen molar-refractivity contribution in [3.8, 4) is 0 Å². The second-order valence-corrected chi connectivity index (χ2v) is 4.18. The Morgan fingerprint density at radius 3 is 2.05 bits per heavy atom. The first kappa shape index (κ1) is 20.3. The summed E-state index contributed by atoms with van der Waals surface area (Å²) in [5, 5.41) is 0. The Hall–Kier alpha value is -0.980. The molecule has 0 atom stereocenters. The molecule has 1 heterocycles. The summed E-state index contributed by atoms with van der Waals surface area (Å²) in [6.07, 6.45) is 9.28. The molecule has 0 spiro atoms. The first-order valence-corrected chi connectivity index (χ1v) is 8.05. The molecule has 0 saturated heterocycles. The number of nitrogens with one attached hydrogen (secondary N) is 1. The molecule has 1 nitrogen and oxygen atoms in total. The van der Waals surface area contributed by atoms with Crippen LogP contribution in [0, 0.1) is 13.8 Å². The molecule has 0 amide bonds. The third kappa shape index (κ3) is 7.25. The minimum absolute atomic E-state index is 1.10. The normalized spacial score (nSPS) is 9.68. The van der Waals surface area contributed by atoms with Gasteiger partial charge in [0.15, 0.2) is 0 Å². The SMILES string of the molecule is CC.CC.CC/C=C\c1[nH]c(C)c(CCCC)c1C. The zero-order valence-corrected chi connectivity index (χ0v) is 14.5. The van der Waals surface area contributed by atoms with E-state index in [0.717, 1.165) is 6.42 Å². The summed E-state index contributed by atoms with van der Waals surface area (Å²) >= 11 is 0. The van der Waals surface area contributed by atoms with Gasteiger partial charge in [-0.05, 0) is 50.3 Å². The summed E-state index contributed by atoms with van der Waals surface area (Å²) in [4.78, 5) is 3.47. The highest BCUT2D eigenvalue weighted by Crippen LogP contribution is 2.21. The van der Waals surface area contributed by atoms with Crippen LogP contribution < -0.4 is 0 Å². The van der Waals surface area contributed by atoms with E-state index >= 15 is 0 Å². The Balaban J connectivity index is 0. The molecule has 1 N–H and O–H groups in total. The van der Waals surface area contributed by atoms with E-state index in [-0.39, 0.29) is 0 Å². The number of rotatable bonds is 5. The molecule has 0 unspecified atom stereocenters. The maximum atomic E-state index is 3.47. The molecule has 19 heavy (non-hydrogen) atoms. The zero-order valence-electron chi connectivity index (χ0n) is 14.5. The van der Waals surface area contributed by atoms with E-state index in [0.29, 0.717) is 0 Å². The van der Waals surface area contributed by atoms with Gasteiger partial charge in [-0.2, -0.15) is 0 Å². The average molecular weight is 265 g/mol. The maximum absolute atomic E-state index is 3.47. The van der Waals surface area contributed by atoms with Crippen LogP contribution in [0.15, 0.2) is 6.08 Å². The number of H-pyrrole nitrogens is 1. The van der Waals surface area contributed by atoms with Gasteiger partial charge < -0.3 is 4.98 Å². The van der Waals surface area contributed by atoms with Crippen LogP contribution in [0.2, 0.25) is 0 Å². The lowest BCUT2D eigenvalue weighted by Gasteiger charge is -2.00. The van der Waals surface area contributed by atoms with Crippen LogP contribution in [0.3, 0.4) is 0 Å². The summed E-state index contributed by atoms with van der Waals surface area (Å²) in [6, 6.07) is 0. The predicted octanol–water partition coefficient (Wildman–Crippen LogP) is 6.45. The number of aromatic nitrogens is 1. The molecule has 0 radical (unpaired) electrons. The Morgan fingerprint density at radius 2 is 1.58 bits per heavy atom. The maximum Gasteiger partial charge on any atom is 0.0411 e. The molecule has 0 saturated carbocycles. The number of allylic oxidation sites excluding steroid dienone is 1. The number of hydrogen-bond donors (Lipinski definition) is 1. The van der Waals surface area contributed by atoms with Crippen LogP contribution in [0.5, 0.6) is 0 Å². The number of aromatic amines is 1. The van der Waals surface area contributed by atoms with Gasteiger partial charge in [0.2, 0.25) is 0 Å². The quantitative estimate of drug-likeness (QED) is 0.629. The highest BCUT2D eigenvalue weighted by molar-refractivity contribution is 5.54. The summed E-state index contributed by atoms with van der Waals surface area (Å²) in [5.74, 6) is 0. The van der Waals surface area contributed by atoms with E-state index in [1.54, 1.807) is 0 Å². The largest absolute Gasteiger partial charge is 0.359 e. The van der Waals surface area contributed by atoms with E-state index in [4.69, 9.17) is 0 Å². The van der Waals surface area contributed by atoms with Crippen LogP contribution in [0.1, 0.15) is 83.3 Å². The van der Waals surface area contributed by atoms with Crippen molar-refractivity contribution in [2.75, 3.05) is 0 Å². The third-order valence-electron chi connectivity index (χ3n) is 2.93. The molecule has 0 aliphatic carbocycles. The number of unbranched alkanes of at least 4 members (excludes halogenated alkanes) is 1. The van der Waals surface area contributed by atoms with Gasteiger partial charge in [0.25, 0.3) is 0 Å². The minimum Gasteiger partial charge on any atom is -0.359 e. The van der Waals surface area contributed by atoms with Gasteiger partial charge in [-0.1, -0.05) is 54.0 Å². The molecular formula is C18H35N. The van der Waals surface area contributed by atoms with E-state index in [1.807, 2.05) is 27.7 Å². The zero-order chi connectivity index (χ0) is 15.3. The standard InChI is InChI=1S/C14H23N.2C2H6/c1-5-7-9-13-11(3)14(10-8-6-2)15-12(13)4;2*1-2/h8,10,15H,5-7,9H2,1-4H3;2*1-2H3/b10-8-;;. The average Bonchev–Trinajstić information content (AvgIpc) is 2.73. The number of aryl methyl sites for hydroxylation is 1. The summed E-state index contributed by atoms with van der Waals surface area (Å²) in [6.45, 7) is 16.8. The van der Waals surface area contributed by atoms with Crippen molar-refractivity contribution in [2.24, 2.45) is 0 Å². The van der Waals surface area contributed by atoms with Gasteiger partial charge in [0.05, 0.1) is 0 Å². The van der Waals surface area contributed by atoms with Gasteiger partial charge in [0, 0.05) is 11.4 Å². The van der Waals surface area contributed by atoms with Crippen LogP contribution in [0.25, 0.3) is 6.08 Å². The van der Waals surface area contributed by atoms with E-state index < -0.39 is 0 Å². The van der Waals surface area contributed by atoms with E-state index in [1.165, 1.54) is 41.8 Å².